The molecule has 0 bridgehead atoms. The molecule has 0 amide bonds. The first kappa shape index (κ1) is 14.2. The number of benzene rings is 2. The maximum absolute atomic E-state index is 6.17. The van der Waals surface area contributed by atoms with Gasteiger partial charge in [0.25, 0.3) is 0 Å². The minimum absolute atomic E-state index is 0.655. The van der Waals surface area contributed by atoms with Gasteiger partial charge < -0.3 is 5.73 Å². The lowest BCUT2D eigenvalue weighted by Crippen LogP contribution is -2.02. The highest BCUT2D eigenvalue weighted by molar-refractivity contribution is 6.31. The number of hydrogen-bond acceptors (Lipinski definition) is 3. The number of imidazole rings is 1. The van der Waals surface area contributed by atoms with Crippen LogP contribution in [0.1, 0.15) is 5.56 Å². The van der Waals surface area contributed by atoms with Gasteiger partial charge in [-0.3, -0.25) is 9.55 Å². The van der Waals surface area contributed by atoms with Crippen LogP contribution >= 0.6 is 11.6 Å². The third-order valence-corrected chi connectivity index (χ3v) is 4.22. The molecular formula is C18H15ClN4. The summed E-state index contributed by atoms with van der Waals surface area (Å²) in [7, 11) is 0. The van der Waals surface area contributed by atoms with E-state index in [0.29, 0.717) is 11.6 Å². The summed E-state index contributed by atoms with van der Waals surface area (Å²) in [5.74, 6) is 0. The van der Waals surface area contributed by atoms with Gasteiger partial charge in [-0.15, -0.1) is 0 Å². The van der Waals surface area contributed by atoms with Gasteiger partial charge in [0.2, 0.25) is 0 Å². The Hall–Kier alpha value is -2.43. The zero-order valence-corrected chi connectivity index (χ0v) is 13.2. The second kappa shape index (κ2) is 5.65. The molecule has 0 aliphatic carbocycles. The summed E-state index contributed by atoms with van der Waals surface area (Å²) in [5, 5.41) is 1.69. The van der Waals surface area contributed by atoms with Crippen LogP contribution < -0.4 is 5.73 Å². The molecule has 2 N–H and O–H groups in total. The molecule has 114 valence electrons. The van der Waals surface area contributed by atoms with Crippen molar-refractivity contribution in [1.82, 2.24) is 14.5 Å². The molecule has 23 heavy (non-hydrogen) atoms. The number of halogens is 1. The summed E-state index contributed by atoms with van der Waals surface area (Å²) in [6, 6.07) is 14.1. The number of aromatic nitrogens is 3. The maximum Gasteiger partial charge on any atom is 0.108 e. The minimum Gasteiger partial charge on any atom is -0.330 e. The fourth-order valence-electron chi connectivity index (χ4n) is 2.85. The van der Waals surface area contributed by atoms with Gasteiger partial charge in [0.1, 0.15) is 11.8 Å². The number of rotatable bonds is 3. The molecule has 0 spiro atoms. The van der Waals surface area contributed by atoms with E-state index in [2.05, 4.69) is 38.8 Å². The Labute approximate surface area is 138 Å². The van der Waals surface area contributed by atoms with Crippen LogP contribution in [-0.4, -0.2) is 21.1 Å². The molecule has 4 aromatic rings. The quantitative estimate of drug-likeness (QED) is 0.625. The Kier molecular flexibility index (Phi) is 3.48. The second-order valence-electron chi connectivity index (χ2n) is 5.47. The van der Waals surface area contributed by atoms with E-state index in [1.807, 2.05) is 24.5 Å². The predicted octanol–water partition coefficient (Wildman–Crippen LogP) is 3.73. The van der Waals surface area contributed by atoms with Gasteiger partial charge in [-0.1, -0.05) is 23.7 Å². The van der Waals surface area contributed by atoms with Gasteiger partial charge >= 0.3 is 0 Å². The van der Waals surface area contributed by atoms with Crippen LogP contribution in [0.5, 0.6) is 0 Å². The fourth-order valence-corrected chi connectivity index (χ4v) is 3.02. The van der Waals surface area contributed by atoms with E-state index in [1.54, 1.807) is 6.20 Å². The maximum atomic E-state index is 6.17. The number of nitrogens with zero attached hydrogens (tertiary/aromatic N) is 3. The zero-order chi connectivity index (χ0) is 15.8. The predicted molar refractivity (Wildman–Crippen MR) is 94.1 cm³/mol. The van der Waals surface area contributed by atoms with E-state index < -0.39 is 0 Å². The summed E-state index contributed by atoms with van der Waals surface area (Å²) in [5.41, 5.74) is 10.7. The van der Waals surface area contributed by atoms with Crippen LogP contribution in [-0.2, 0) is 6.42 Å². The number of pyridine rings is 1. The number of hydrogen-bond donors (Lipinski definition) is 1. The average molecular weight is 323 g/mol. The van der Waals surface area contributed by atoms with Gasteiger partial charge in [-0.25, -0.2) is 4.98 Å². The Balaban J connectivity index is 1.94. The van der Waals surface area contributed by atoms with E-state index >= 15 is 0 Å². The monoisotopic (exact) mass is 322 g/mol. The topological polar surface area (TPSA) is 56.7 Å². The number of fused-ring (bicyclic) bond motifs is 3. The highest BCUT2D eigenvalue weighted by Crippen LogP contribution is 2.27. The molecule has 0 saturated heterocycles. The van der Waals surface area contributed by atoms with Crippen LogP contribution in [0.3, 0.4) is 0 Å². The highest BCUT2D eigenvalue weighted by Gasteiger charge is 2.10. The van der Waals surface area contributed by atoms with Crippen molar-refractivity contribution in [1.29, 1.82) is 0 Å². The molecular weight excluding hydrogens is 308 g/mol. The largest absolute Gasteiger partial charge is 0.330 e. The molecule has 0 atom stereocenters. The molecule has 2 aromatic carbocycles. The van der Waals surface area contributed by atoms with Crippen molar-refractivity contribution in [2.45, 2.75) is 6.42 Å². The third-order valence-electron chi connectivity index (χ3n) is 3.98. The van der Waals surface area contributed by atoms with Crippen molar-refractivity contribution < 1.29 is 0 Å². The summed E-state index contributed by atoms with van der Waals surface area (Å²) >= 11 is 6.17. The lowest BCUT2D eigenvalue weighted by atomic mass is 10.1. The van der Waals surface area contributed by atoms with E-state index in [0.717, 1.165) is 34.0 Å². The standard InChI is InChI=1S/C18H15ClN4/c19-13-3-6-16-15(9-13)18-17(10-21-16)22-11-23(18)14-4-1-12(2-5-14)7-8-20/h1-6,9-11H,7-8,20H2. The van der Waals surface area contributed by atoms with Gasteiger partial charge in [-0.05, 0) is 48.9 Å². The normalized spacial score (nSPS) is 11.4. The van der Waals surface area contributed by atoms with Crippen LogP contribution in [0.15, 0.2) is 55.0 Å². The smallest absolute Gasteiger partial charge is 0.108 e. The van der Waals surface area contributed by atoms with E-state index in [9.17, 15) is 0 Å². The van der Waals surface area contributed by atoms with Crippen molar-refractivity contribution in [2.75, 3.05) is 6.54 Å². The van der Waals surface area contributed by atoms with Crippen molar-refractivity contribution >= 4 is 33.5 Å². The molecule has 0 aliphatic heterocycles. The average Bonchev–Trinajstić information content (AvgIpc) is 3.00. The van der Waals surface area contributed by atoms with Crippen LogP contribution in [0.4, 0.5) is 0 Å². The lowest BCUT2D eigenvalue weighted by Gasteiger charge is -2.08. The van der Waals surface area contributed by atoms with Gasteiger partial charge in [0, 0.05) is 16.1 Å². The SMILES string of the molecule is NCCc1ccc(-n2cnc3cnc4ccc(Cl)cc4c32)cc1. The van der Waals surface area contributed by atoms with Crippen LogP contribution in [0, 0.1) is 0 Å². The summed E-state index contributed by atoms with van der Waals surface area (Å²) in [4.78, 5) is 8.92. The Bertz CT molecular complexity index is 989. The molecule has 0 fully saturated rings. The van der Waals surface area contributed by atoms with Gasteiger partial charge in [0.15, 0.2) is 0 Å². The lowest BCUT2D eigenvalue weighted by molar-refractivity contribution is 0.966. The van der Waals surface area contributed by atoms with E-state index in [-0.39, 0.29) is 0 Å². The van der Waals surface area contributed by atoms with Gasteiger partial charge in [-0.2, -0.15) is 0 Å². The molecule has 0 aliphatic rings. The van der Waals surface area contributed by atoms with E-state index in [1.165, 1.54) is 5.56 Å². The molecule has 4 rings (SSSR count). The summed E-state index contributed by atoms with van der Waals surface area (Å²) in [6.45, 7) is 0.655. The molecule has 2 aromatic heterocycles. The Morgan fingerprint density at radius 1 is 1.00 bits per heavy atom. The molecule has 2 heterocycles. The Morgan fingerprint density at radius 3 is 2.61 bits per heavy atom. The van der Waals surface area contributed by atoms with Crippen molar-refractivity contribution in [3.8, 4) is 5.69 Å². The van der Waals surface area contributed by atoms with E-state index in [4.69, 9.17) is 17.3 Å². The highest BCUT2D eigenvalue weighted by atomic mass is 35.5. The first-order valence-electron chi connectivity index (χ1n) is 7.47. The zero-order valence-electron chi connectivity index (χ0n) is 12.4. The first-order chi connectivity index (χ1) is 11.3. The first-order valence-corrected chi connectivity index (χ1v) is 7.85. The fraction of sp³-hybridized carbons (Fsp3) is 0.111. The Morgan fingerprint density at radius 2 is 1.83 bits per heavy atom. The number of nitrogens with two attached hydrogens (primary N) is 1. The molecule has 0 saturated carbocycles. The molecule has 4 nitrogen and oxygen atoms in total. The van der Waals surface area contributed by atoms with Crippen molar-refractivity contribution in [2.24, 2.45) is 5.73 Å². The van der Waals surface area contributed by atoms with Crippen LogP contribution in [0.2, 0.25) is 5.02 Å². The van der Waals surface area contributed by atoms with Crippen molar-refractivity contribution in [3.05, 3.63) is 65.6 Å². The van der Waals surface area contributed by atoms with Crippen molar-refractivity contribution in [3.63, 3.8) is 0 Å². The minimum atomic E-state index is 0.655. The molecule has 0 unspecified atom stereocenters. The molecule has 0 radical (unpaired) electrons. The summed E-state index contributed by atoms with van der Waals surface area (Å²) in [6.07, 6.45) is 4.50. The van der Waals surface area contributed by atoms with Crippen LogP contribution in [0.25, 0.3) is 27.6 Å². The van der Waals surface area contributed by atoms with Gasteiger partial charge in [0.05, 0.1) is 17.2 Å². The molecule has 5 heteroatoms. The summed E-state index contributed by atoms with van der Waals surface area (Å²) < 4.78 is 2.07. The third kappa shape index (κ3) is 2.46. The second-order valence-corrected chi connectivity index (χ2v) is 5.91.